The highest BCUT2D eigenvalue weighted by Crippen LogP contribution is 2.22. The molecule has 0 amide bonds. The largest absolute Gasteiger partial charge is 0.497 e. The molecule has 0 heterocycles. The summed E-state index contributed by atoms with van der Waals surface area (Å²) in [4.78, 5) is 0. The van der Waals surface area contributed by atoms with Crippen LogP contribution in [0, 0.1) is 0 Å². The topological polar surface area (TPSA) is 49.7 Å². The minimum atomic E-state index is 0.114. The molecule has 1 atom stereocenters. The maximum Gasteiger partial charge on any atom is 0.118 e. The molecule has 3 nitrogen and oxygen atoms in total. The number of ether oxygens (including phenoxy) is 1. The SMILES string of the molecule is COc1ccc([C@H](CO)CCCO)cc1. The molecule has 15 heavy (non-hydrogen) atoms. The van der Waals surface area contributed by atoms with Crippen molar-refractivity contribution in [3.05, 3.63) is 29.8 Å². The number of methoxy groups -OCH3 is 1. The van der Waals surface area contributed by atoms with Crippen molar-refractivity contribution in [2.75, 3.05) is 20.3 Å². The Balaban J connectivity index is 2.65. The summed E-state index contributed by atoms with van der Waals surface area (Å²) in [6.07, 6.45) is 1.52. The highest BCUT2D eigenvalue weighted by molar-refractivity contribution is 5.29. The van der Waals surface area contributed by atoms with Crippen LogP contribution in [0.4, 0.5) is 0 Å². The number of aliphatic hydroxyl groups excluding tert-OH is 2. The Morgan fingerprint density at radius 1 is 1.20 bits per heavy atom. The van der Waals surface area contributed by atoms with Crippen LogP contribution >= 0.6 is 0 Å². The molecular formula is C12H18O3. The molecule has 1 aromatic carbocycles. The average Bonchev–Trinajstić information content (AvgIpc) is 2.31. The number of aliphatic hydroxyl groups is 2. The maximum atomic E-state index is 9.22. The van der Waals surface area contributed by atoms with Crippen LogP contribution in [0.2, 0.25) is 0 Å². The van der Waals surface area contributed by atoms with E-state index in [0.717, 1.165) is 24.2 Å². The minimum absolute atomic E-state index is 0.114. The first kappa shape index (κ1) is 12.0. The zero-order valence-electron chi connectivity index (χ0n) is 9.02. The molecule has 0 spiro atoms. The molecule has 0 saturated carbocycles. The Bertz CT molecular complexity index is 269. The summed E-state index contributed by atoms with van der Waals surface area (Å²) >= 11 is 0. The van der Waals surface area contributed by atoms with E-state index >= 15 is 0 Å². The molecule has 2 N–H and O–H groups in total. The predicted octanol–water partition coefficient (Wildman–Crippen LogP) is 1.54. The van der Waals surface area contributed by atoms with Gasteiger partial charge in [0.25, 0.3) is 0 Å². The van der Waals surface area contributed by atoms with Crippen LogP contribution in [0.25, 0.3) is 0 Å². The molecule has 0 aliphatic carbocycles. The van der Waals surface area contributed by atoms with Crippen molar-refractivity contribution in [2.24, 2.45) is 0 Å². The van der Waals surface area contributed by atoms with E-state index < -0.39 is 0 Å². The third-order valence-corrected chi connectivity index (χ3v) is 2.52. The quantitative estimate of drug-likeness (QED) is 0.749. The number of benzene rings is 1. The highest BCUT2D eigenvalue weighted by Gasteiger charge is 2.09. The predicted molar refractivity (Wildman–Crippen MR) is 59.1 cm³/mol. The van der Waals surface area contributed by atoms with Gasteiger partial charge in [-0.2, -0.15) is 0 Å². The lowest BCUT2D eigenvalue weighted by Crippen LogP contribution is -2.05. The highest BCUT2D eigenvalue weighted by atomic mass is 16.5. The van der Waals surface area contributed by atoms with Crippen molar-refractivity contribution < 1.29 is 14.9 Å². The van der Waals surface area contributed by atoms with Gasteiger partial charge < -0.3 is 14.9 Å². The van der Waals surface area contributed by atoms with E-state index in [1.807, 2.05) is 24.3 Å². The molecular weight excluding hydrogens is 192 g/mol. The van der Waals surface area contributed by atoms with Crippen LogP contribution in [0.3, 0.4) is 0 Å². The summed E-state index contributed by atoms with van der Waals surface area (Å²) in [5.74, 6) is 0.931. The Morgan fingerprint density at radius 3 is 2.33 bits per heavy atom. The van der Waals surface area contributed by atoms with Gasteiger partial charge in [-0.25, -0.2) is 0 Å². The van der Waals surface area contributed by atoms with Crippen molar-refractivity contribution in [1.29, 1.82) is 0 Å². The fourth-order valence-electron chi connectivity index (χ4n) is 1.58. The second-order valence-electron chi connectivity index (χ2n) is 3.52. The van der Waals surface area contributed by atoms with E-state index in [0.29, 0.717) is 0 Å². The van der Waals surface area contributed by atoms with Gasteiger partial charge in [0.2, 0.25) is 0 Å². The Hall–Kier alpha value is -1.06. The molecule has 0 fully saturated rings. The molecule has 0 aromatic heterocycles. The van der Waals surface area contributed by atoms with E-state index in [-0.39, 0.29) is 19.1 Å². The first-order chi connectivity index (χ1) is 7.31. The van der Waals surface area contributed by atoms with Gasteiger partial charge in [0, 0.05) is 19.1 Å². The third-order valence-electron chi connectivity index (χ3n) is 2.52. The normalized spacial score (nSPS) is 12.5. The molecule has 0 aliphatic rings. The lowest BCUT2D eigenvalue weighted by molar-refractivity contribution is 0.237. The molecule has 0 saturated heterocycles. The summed E-state index contributed by atoms with van der Waals surface area (Å²) in [5.41, 5.74) is 1.09. The third kappa shape index (κ3) is 3.53. The molecule has 1 aromatic rings. The van der Waals surface area contributed by atoms with Crippen molar-refractivity contribution in [2.45, 2.75) is 18.8 Å². The first-order valence-corrected chi connectivity index (χ1v) is 5.17. The monoisotopic (exact) mass is 210 g/mol. The summed E-state index contributed by atoms with van der Waals surface area (Å²) in [6.45, 7) is 0.291. The maximum absolute atomic E-state index is 9.22. The Labute approximate surface area is 90.3 Å². The van der Waals surface area contributed by atoms with E-state index in [9.17, 15) is 5.11 Å². The van der Waals surface area contributed by atoms with Crippen LogP contribution in [-0.4, -0.2) is 30.5 Å². The van der Waals surface area contributed by atoms with Gasteiger partial charge >= 0.3 is 0 Å². The zero-order chi connectivity index (χ0) is 11.1. The lowest BCUT2D eigenvalue weighted by Gasteiger charge is -2.14. The fourth-order valence-corrected chi connectivity index (χ4v) is 1.58. The smallest absolute Gasteiger partial charge is 0.118 e. The van der Waals surface area contributed by atoms with Gasteiger partial charge in [0.05, 0.1) is 7.11 Å². The Morgan fingerprint density at radius 2 is 1.87 bits per heavy atom. The average molecular weight is 210 g/mol. The zero-order valence-corrected chi connectivity index (χ0v) is 9.02. The molecule has 0 unspecified atom stereocenters. The molecule has 1 rings (SSSR count). The lowest BCUT2D eigenvalue weighted by atomic mass is 9.95. The van der Waals surface area contributed by atoms with Gasteiger partial charge in [-0.3, -0.25) is 0 Å². The van der Waals surface area contributed by atoms with Crippen molar-refractivity contribution >= 4 is 0 Å². The molecule has 84 valence electrons. The number of hydrogen-bond acceptors (Lipinski definition) is 3. The van der Waals surface area contributed by atoms with Gasteiger partial charge in [-0.15, -0.1) is 0 Å². The summed E-state index contributed by atoms with van der Waals surface area (Å²) in [5, 5.41) is 18.0. The Kier molecular flexibility index (Phi) is 5.15. The second kappa shape index (κ2) is 6.43. The van der Waals surface area contributed by atoms with Crippen molar-refractivity contribution in [3.8, 4) is 5.75 Å². The molecule has 0 radical (unpaired) electrons. The van der Waals surface area contributed by atoms with E-state index in [1.54, 1.807) is 7.11 Å². The fraction of sp³-hybridized carbons (Fsp3) is 0.500. The second-order valence-corrected chi connectivity index (χ2v) is 3.52. The van der Waals surface area contributed by atoms with Crippen LogP contribution in [0.1, 0.15) is 24.3 Å². The van der Waals surface area contributed by atoms with E-state index in [2.05, 4.69) is 0 Å². The van der Waals surface area contributed by atoms with Gasteiger partial charge in [-0.1, -0.05) is 12.1 Å². The standard InChI is InChI=1S/C12H18O3/c1-15-12-6-4-10(5-7-12)11(9-14)3-2-8-13/h4-7,11,13-14H,2-3,8-9H2,1H3/t11-/m0/s1. The molecule has 0 bridgehead atoms. The van der Waals surface area contributed by atoms with Gasteiger partial charge in [0.1, 0.15) is 5.75 Å². The molecule has 3 heteroatoms. The molecule has 0 aliphatic heterocycles. The van der Waals surface area contributed by atoms with E-state index in [1.165, 1.54) is 0 Å². The van der Waals surface area contributed by atoms with Crippen molar-refractivity contribution in [1.82, 2.24) is 0 Å². The first-order valence-electron chi connectivity index (χ1n) is 5.17. The van der Waals surface area contributed by atoms with Crippen molar-refractivity contribution in [3.63, 3.8) is 0 Å². The summed E-state index contributed by atoms with van der Waals surface area (Å²) < 4.78 is 5.06. The summed E-state index contributed by atoms with van der Waals surface area (Å²) in [6, 6.07) is 7.68. The minimum Gasteiger partial charge on any atom is -0.497 e. The van der Waals surface area contributed by atoms with Gasteiger partial charge in [-0.05, 0) is 30.5 Å². The van der Waals surface area contributed by atoms with E-state index in [4.69, 9.17) is 9.84 Å². The number of rotatable bonds is 6. The number of hydrogen-bond donors (Lipinski definition) is 2. The van der Waals surface area contributed by atoms with Crippen LogP contribution < -0.4 is 4.74 Å². The van der Waals surface area contributed by atoms with Gasteiger partial charge in [0.15, 0.2) is 0 Å². The van der Waals surface area contributed by atoms with Crippen LogP contribution in [-0.2, 0) is 0 Å². The van der Waals surface area contributed by atoms with Crippen LogP contribution in [0.5, 0.6) is 5.75 Å². The summed E-state index contributed by atoms with van der Waals surface area (Å²) in [7, 11) is 1.63. The van der Waals surface area contributed by atoms with Crippen LogP contribution in [0.15, 0.2) is 24.3 Å².